The van der Waals surface area contributed by atoms with Crippen molar-refractivity contribution in [2.75, 3.05) is 13.1 Å². The molecule has 2 aromatic carbocycles. The van der Waals surface area contributed by atoms with Crippen LogP contribution in [0.5, 0.6) is 0 Å². The summed E-state index contributed by atoms with van der Waals surface area (Å²) in [7, 11) is 0. The monoisotopic (exact) mass is 255 g/mol. The van der Waals surface area contributed by atoms with Crippen LogP contribution in [0.15, 0.2) is 60.7 Å². The molecule has 0 saturated carbocycles. The molecular weight excluding hydrogens is 234 g/mol. The number of aliphatic hydroxyl groups is 1. The second-order valence-electron chi connectivity index (χ2n) is 4.84. The first-order valence-corrected chi connectivity index (χ1v) is 6.77. The van der Waals surface area contributed by atoms with E-state index < -0.39 is 5.60 Å². The molecule has 0 spiro atoms. The molecule has 0 radical (unpaired) electrons. The van der Waals surface area contributed by atoms with Crippen LogP contribution in [0.3, 0.4) is 0 Å². The highest BCUT2D eigenvalue weighted by molar-refractivity contribution is 5.27. The van der Waals surface area contributed by atoms with Crippen molar-refractivity contribution >= 4 is 0 Å². The summed E-state index contributed by atoms with van der Waals surface area (Å²) in [5.74, 6) is 0. The average molecular weight is 255 g/mol. The van der Waals surface area contributed by atoms with Gasteiger partial charge in [0.25, 0.3) is 0 Å². The smallest absolute Gasteiger partial charge is 0.106 e. The predicted molar refractivity (Wildman–Crippen MR) is 79.0 cm³/mol. The Morgan fingerprint density at radius 3 is 2.11 bits per heavy atom. The highest BCUT2D eigenvalue weighted by atomic mass is 16.3. The maximum absolute atomic E-state index is 11.0. The maximum Gasteiger partial charge on any atom is 0.106 e. The fourth-order valence-corrected chi connectivity index (χ4v) is 2.28. The summed E-state index contributed by atoms with van der Waals surface area (Å²) in [5, 5.41) is 14.3. The summed E-state index contributed by atoms with van der Waals surface area (Å²) in [4.78, 5) is 0. The highest BCUT2D eigenvalue weighted by Crippen LogP contribution is 2.25. The topological polar surface area (TPSA) is 32.3 Å². The van der Waals surface area contributed by atoms with Gasteiger partial charge in [-0.2, -0.15) is 0 Å². The van der Waals surface area contributed by atoms with Crippen LogP contribution in [0.4, 0.5) is 0 Å². The van der Waals surface area contributed by atoms with E-state index in [9.17, 15) is 5.11 Å². The van der Waals surface area contributed by atoms with Gasteiger partial charge < -0.3 is 10.4 Å². The van der Waals surface area contributed by atoms with Crippen LogP contribution < -0.4 is 5.32 Å². The van der Waals surface area contributed by atoms with Gasteiger partial charge in [0.05, 0.1) is 0 Å². The van der Waals surface area contributed by atoms with Gasteiger partial charge in [0.15, 0.2) is 0 Å². The Morgan fingerprint density at radius 1 is 0.947 bits per heavy atom. The van der Waals surface area contributed by atoms with E-state index in [2.05, 4.69) is 17.4 Å². The van der Waals surface area contributed by atoms with Crippen LogP contribution in [0.25, 0.3) is 0 Å². The second-order valence-corrected chi connectivity index (χ2v) is 4.84. The lowest BCUT2D eigenvalue weighted by Gasteiger charge is -2.29. The van der Waals surface area contributed by atoms with Crippen molar-refractivity contribution in [1.29, 1.82) is 0 Å². The van der Waals surface area contributed by atoms with Crippen LogP contribution in [-0.2, 0) is 12.0 Å². The average Bonchev–Trinajstić information content (AvgIpc) is 2.47. The molecule has 0 heterocycles. The fourth-order valence-electron chi connectivity index (χ4n) is 2.28. The Bertz CT molecular complexity index is 483. The standard InChI is InChI=1S/C17H21NO/c1-2-18-14-17(19,16-11-7-4-8-12-16)13-15-9-5-3-6-10-15/h3-12,18-19H,2,13-14H2,1H3. The zero-order valence-corrected chi connectivity index (χ0v) is 11.3. The van der Waals surface area contributed by atoms with E-state index in [1.54, 1.807) is 0 Å². The molecule has 100 valence electrons. The number of hydrogen-bond acceptors (Lipinski definition) is 2. The van der Waals surface area contributed by atoms with E-state index in [-0.39, 0.29) is 0 Å². The molecule has 1 unspecified atom stereocenters. The van der Waals surface area contributed by atoms with Gasteiger partial charge in [0.2, 0.25) is 0 Å². The summed E-state index contributed by atoms with van der Waals surface area (Å²) in [6, 6.07) is 20.0. The maximum atomic E-state index is 11.0. The molecule has 0 bridgehead atoms. The molecule has 2 aromatic rings. The van der Waals surface area contributed by atoms with E-state index in [0.717, 1.165) is 17.7 Å². The molecule has 0 saturated heterocycles. The van der Waals surface area contributed by atoms with Gasteiger partial charge in [-0.3, -0.25) is 0 Å². The van der Waals surface area contributed by atoms with Crippen molar-refractivity contribution in [2.24, 2.45) is 0 Å². The van der Waals surface area contributed by atoms with Gasteiger partial charge in [0.1, 0.15) is 5.60 Å². The number of rotatable bonds is 6. The molecule has 0 amide bonds. The van der Waals surface area contributed by atoms with Crippen molar-refractivity contribution in [3.63, 3.8) is 0 Å². The van der Waals surface area contributed by atoms with Gasteiger partial charge in [-0.15, -0.1) is 0 Å². The SMILES string of the molecule is CCNCC(O)(Cc1ccccc1)c1ccccc1. The quantitative estimate of drug-likeness (QED) is 0.832. The van der Waals surface area contributed by atoms with Crippen LogP contribution in [0.2, 0.25) is 0 Å². The largest absolute Gasteiger partial charge is 0.383 e. The van der Waals surface area contributed by atoms with Crippen LogP contribution in [0, 0.1) is 0 Å². The zero-order chi connectivity index (χ0) is 13.6. The lowest BCUT2D eigenvalue weighted by atomic mass is 9.87. The van der Waals surface area contributed by atoms with Crippen LogP contribution in [0.1, 0.15) is 18.1 Å². The Morgan fingerprint density at radius 2 is 1.53 bits per heavy atom. The van der Waals surface area contributed by atoms with E-state index in [0.29, 0.717) is 13.0 Å². The molecule has 0 aliphatic carbocycles. The van der Waals surface area contributed by atoms with Crippen molar-refractivity contribution in [3.8, 4) is 0 Å². The second kappa shape index (κ2) is 6.50. The molecule has 2 rings (SSSR count). The van der Waals surface area contributed by atoms with E-state index in [4.69, 9.17) is 0 Å². The van der Waals surface area contributed by atoms with Crippen molar-refractivity contribution in [1.82, 2.24) is 5.32 Å². The molecule has 2 heteroatoms. The van der Waals surface area contributed by atoms with Crippen LogP contribution in [-0.4, -0.2) is 18.2 Å². The third kappa shape index (κ3) is 3.66. The lowest BCUT2D eigenvalue weighted by molar-refractivity contribution is 0.0375. The molecule has 0 aromatic heterocycles. The Kier molecular flexibility index (Phi) is 4.72. The van der Waals surface area contributed by atoms with E-state index >= 15 is 0 Å². The summed E-state index contributed by atoms with van der Waals surface area (Å²) >= 11 is 0. The van der Waals surface area contributed by atoms with Gasteiger partial charge >= 0.3 is 0 Å². The number of hydrogen-bond donors (Lipinski definition) is 2. The third-order valence-corrected chi connectivity index (χ3v) is 3.32. The van der Waals surface area contributed by atoms with Crippen molar-refractivity contribution in [3.05, 3.63) is 71.8 Å². The van der Waals surface area contributed by atoms with Gasteiger partial charge in [-0.1, -0.05) is 67.6 Å². The molecule has 1 atom stereocenters. The fraction of sp³-hybridized carbons (Fsp3) is 0.294. The van der Waals surface area contributed by atoms with Gasteiger partial charge in [-0.25, -0.2) is 0 Å². The zero-order valence-electron chi connectivity index (χ0n) is 11.3. The van der Waals surface area contributed by atoms with E-state index in [1.165, 1.54) is 0 Å². The van der Waals surface area contributed by atoms with Gasteiger partial charge in [0, 0.05) is 13.0 Å². The Hall–Kier alpha value is -1.64. The third-order valence-electron chi connectivity index (χ3n) is 3.32. The number of likely N-dealkylation sites (N-methyl/N-ethyl adjacent to an activating group) is 1. The molecular formula is C17H21NO. The molecule has 0 aliphatic rings. The Labute approximate surface area is 115 Å². The summed E-state index contributed by atoms with van der Waals surface area (Å²) < 4.78 is 0. The summed E-state index contributed by atoms with van der Waals surface area (Å²) in [5.41, 5.74) is 1.24. The van der Waals surface area contributed by atoms with Crippen molar-refractivity contribution < 1.29 is 5.11 Å². The van der Waals surface area contributed by atoms with Crippen molar-refractivity contribution in [2.45, 2.75) is 18.9 Å². The minimum atomic E-state index is -0.862. The predicted octanol–water partition coefficient (Wildman–Crippen LogP) is 2.73. The van der Waals surface area contributed by atoms with E-state index in [1.807, 2.05) is 55.5 Å². The Balaban J connectivity index is 2.24. The number of nitrogens with one attached hydrogen (secondary N) is 1. The first kappa shape index (κ1) is 13.8. The first-order chi connectivity index (χ1) is 9.24. The summed E-state index contributed by atoms with van der Waals surface area (Å²) in [6.45, 7) is 3.46. The summed E-state index contributed by atoms with van der Waals surface area (Å²) in [6.07, 6.45) is 0.616. The molecule has 0 aliphatic heterocycles. The minimum absolute atomic E-state index is 0.558. The highest BCUT2D eigenvalue weighted by Gasteiger charge is 2.28. The van der Waals surface area contributed by atoms with Crippen LogP contribution >= 0.6 is 0 Å². The molecule has 2 N–H and O–H groups in total. The lowest BCUT2D eigenvalue weighted by Crippen LogP contribution is -2.40. The van der Waals surface area contributed by atoms with Gasteiger partial charge in [-0.05, 0) is 17.7 Å². The normalized spacial score (nSPS) is 14.0. The molecule has 19 heavy (non-hydrogen) atoms. The molecule has 2 nitrogen and oxygen atoms in total. The number of benzene rings is 2. The molecule has 0 fully saturated rings. The first-order valence-electron chi connectivity index (χ1n) is 6.77. The minimum Gasteiger partial charge on any atom is -0.383 e.